The first kappa shape index (κ1) is 13.9. The molecule has 1 aromatic rings. The molecule has 0 aromatic heterocycles. The lowest BCUT2D eigenvalue weighted by molar-refractivity contribution is 0.227. The van der Waals surface area contributed by atoms with Gasteiger partial charge < -0.3 is 15.0 Å². The highest BCUT2D eigenvalue weighted by Gasteiger charge is 2.15. The number of likely N-dealkylation sites (tertiary alicyclic amines) is 1. The molecule has 1 aromatic carbocycles. The molecule has 0 spiro atoms. The second-order valence-corrected chi connectivity index (χ2v) is 6.04. The maximum Gasteiger partial charge on any atom is 0.122 e. The van der Waals surface area contributed by atoms with Crippen LogP contribution in [0.4, 0.5) is 0 Å². The predicted molar refractivity (Wildman–Crippen MR) is 82.3 cm³/mol. The number of piperidine rings is 1. The molecule has 3 nitrogen and oxygen atoms in total. The average molecular weight is 274 g/mol. The van der Waals surface area contributed by atoms with Gasteiger partial charge in [-0.15, -0.1) is 0 Å². The molecule has 3 rings (SSSR count). The first-order valence-corrected chi connectivity index (χ1v) is 8.04. The summed E-state index contributed by atoms with van der Waals surface area (Å²) in [6.45, 7) is 7.93. The van der Waals surface area contributed by atoms with E-state index in [9.17, 15) is 0 Å². The van der Waals surface area contributed by atoms with Crippen molar-refractivity contribution in [2.75, 3.05) is 32.8 Å². The van der Waals surface area contributed by atoms with Crippen LogP contribution in [0.3, 0.4) is 0 Å². The Morgan fingerprint density at radius 2 is 2.10 bits per heavy atom. The molecule has 2 aliphatic rings. The molecule has 1 saturated heterocycles. The van der Waals surface area contributed by atoms with Crippen molar-refractivity contribution >= 4 is 0 Å². The van der Waals surface area contributed by atoms with Crippen LogP contribution in [-0.4, -0.2) is 37.7 Å². The molecule has 0 aliphatic carbocycles. The van der Waals surface area contributed by atoms with Gasteiger partial charge in [0.1, 0.15) is 5.75 Å². The van der Waals surface area contributed by atoms with Gasteiger partial charge in [-0.1, -0.05) is 18.6 Å². The Bertz CT molecular complexity index is 441. The van der Waals surface area contributed by atoms with Crippen LogP contribution in [-0.2, 0) is 6.42 Å². The monoisotopic (exact) mass is 274 g/mol. The average Bonchev–Trinajstić information content (AvgIpc) is 2.95. The van der Waals surface area contributed by atoms with E-state index < -0.39 is 0 Å². The van der Waals surface area contributed by atoms with Crippen molar-refractivity contribution in [2.45, 2.75) is 38.6 Å². The highest BCUT2D eigenvalue weighted by atomic mass is 16.5. The fourth-order valence-electron chi connectivity index (χ4n) is 3.22. The van der Waals surface area contributed by atoms with Crippen molar-refractivity contribution in [3.8, 4) is 5.75 Å². The SMILES string of the molecule is CC(NCCN1CCCCC1)c1ccc2c(c1)CCO2. The highest BCUT2D eigenvalue weighted by Crippen LogP contribution is 2.28. The van der Waals surface area contributed by atoms with Crippen molar-refractivity contribution in [3.63, 3.8) is 0 Å². The first-order chi connectivity index (χ1) is 9.83. The maximum atomic E-state index is 5.57. The van der Waals surface area contributed by atoms with E-state index in [1.165, 1.54) is 50.0 Å². The lowest BCUT2D eigenvalue weighted by Crippen LogP contribution is -2.36. The van der Waals surface area contributed by atoms with E-state index in [0.29, 0.717) is 6.04 Å². The fraction of sp³-hybridized carbons (Fsp3) is 0.647. The summed E-state index contributed by atoms with van der Waals surface area (Å²) in [7, 11) is 0. The number of ether oxygens (including phenoxy) is 1. The Labute approximate surface area is 122 Å². The van der Waals surface area contributed by atoms with Gasteiger partial charge in [0.2, 0.25) is 0 Å². The standard InChI is InChI=1S/C17H26N2O/c1-14(18-8-11-19-9-3-2-4-10-19)15-5-6-17-16(13-15)7-12-20-17/h5-6,13-14,18H,2-4,7-12H2,1H3. The third-order valence-electron chi connectivity index (χ3n) is 4.54. The smallest absolute Gasteiger partial charge is 0.122 e. The molecule has 2 heterocycles. The lowest BCUT2D eigenvalue weighted by atomic mass is 10.0. The van der Waals surface area contributed by atoms with Crippen molar-refractivity contribution in [1.29, 1.82) is 0 Å². The topological polar surface area (TPSA) is 24.5 Å². The number of hydrogen-bond donors (Lipinski definition) is 1. The second-order valence-electron chi connectivity index (χ2n) is 6.04. The van der Waals surface area contributed by atoms with Gasteiger partial charge in [0.15, 0.2) is 0 Å². The Hall–Kier alpha value is -1.06. The number of nitrogens with zero attached hydrogens (tertiary/aromatic N) is 1. The number of fused-ring (bicyclic) bond motifs is 1. The van der Waals surface area contributed by atoms with Gasteiger partial charge >= 0.3 is 0 Å². The summed E-state index contributed by atoms with van der Waals surface area (Å²) in [6, 6.07) is 7.05. The lowest BCUT2D eigenvalue weighted by Gasteiger charge is -2.27. The molecule has 0 saturated carbocycles. The van der Waals surface area contributed by atoms with Gasteiger partial charge in [-0.2, -0.15) is 0 Å². The molecular weight excluding hydrogens is 248 g/mol. The predicted octanol–water partition coefficient (Wildman–Crippen LogP) is 2.76. The molecule has 1 fully saturated rings. The van der Waals surface area contributed by atoms with Gasteiger partial charge in [-0.05, 0) is 50.0 Å². The highest BCUT2D eigenvalue weighted by molar-refractivity contribution is 5.40. The number of benzene rings is 1. The third-order valence-corrected chi connectivity index (χ3v) is 4.54. The quantitative estimate of drug-likeness (QED) is 0.893. The van der Waals surface area contributed by atoms with Gasteiger partial charge in [0.25, 0.3) is 0 Å². The van der Waals surface area contributed by atoms with Crippen molar-refractivity contribution in [3.05, 3.63) is 29.3 Å². The summed E-state index contributed by atoms with van der Waals surface area (Å²) < 4.78 is 5.57. The minimum Gasteiger partial charge on any atom is -0.493 e. The molecule has 2 aliphatic heterocycles. The molecular formula is C17H26N2O. The Morgan fingerprint density at radius 1 is 1.25 bits per heavy atom. The molecule has 0 amide bonds. The van der Waals surface area contributed by atoms with E-state index in [-0.39, 0.29) is 0 Å². The minimum absolute atomic E-state index is 0.422. The summed E-state index contributed by atoms with van der Waals surface area (Å²) in [5.74, 6) is 1.08. The molecule has 20 heavy (non-hydrogen) atoms. The van der Waals surface area contributed by atoms with Crippen LogP contribution in [0.15, 0.2) is 18.2 Å². The Kier molecular flexibility index (Phi) is 4.58. The van der Waals surface area contributed by atoms with Crippen LogP contribution >= 0.6 is 0 Å². The van der Waals surface area contributed by atoms with Crippen molar-refractivity contribution in [2.24, 2.45) is 0 Å². The normalized spacial score (nSPS) is 20.4. The van der Waals surface area contributed by atoms with Crippen molar-refractivity contribution < 1.29 is 4.74 Å². The van der Waals surface area contributed by atoms with Gasteiger partial charge in [-0.25, -0.2) is 0 Å². The largest absolute Gasteiger partial charge is 0.493 e. The summed E-state index contributed by atoms with van der Waals surface area (Å²) in [5, 5.41) is 3.65. The zero-order chi connectivity index (χ0) is 13.8. The van der Waals surface area contributed by atoms with Crippen LogP contribution in [0.2, 0.25) is 0 Å². The van der Waals surface area contributed by atoms with Crippen LogP contribution < -0.4 is 10.1 Å². The fourth-order valence-corrected chi connectivity index (χ4v) is 3.22. The maximum absolute atomic E-state index is 5.57. The molecule has 3 heteroatoms. The van der Waals surface area contributed by atoms with E-state index >= 15 is 0 Å². The first-order valence-electron chi connectivity index (χ1n) is 8.04. The summed E-state index contributed by atoms with van der Waals surface area (Å²) in [6.07, 6.45) is 5.22. The molecule has 1 unspecified atom stereocenters. The Morgan fingerprint density at radius 3 is 2.95 bits per heavy atom. The van der Waals surface area contributed by atoms with Crippen LogP contribution in [0.1, 0.15) is 43.4 Å². The Balaban J connectivity index is 1.47. The molecule has 1 N–H and O–H groups in total. The third kappa shape index (κ3) is 3.33. The summed E-state index contributed by atoms with van der Waals surface area (Å²) in [4.78, 5) is 2.58. The van der Waals surface area contributed by atoms with Crippen LogP contribution in [0, 0.1) is 0 Å². The van der Waals surface area contributed by atoms with E-state index in [2.05, 4.69) is 35.3 Å². The van der Waals surface area contributed by atoms with Crippen LogP contribution in [0.5, 0.6) is 5.75 Å². The van der Waals surface area contributed by atoms with E-state index in [1.54, 1.807) is 0 Å². The minimum atomic E-state index is 0.422. The van der Waals surface area contributed by atoms with E-state index in [1.807, 2.05) is 0 Å². The summed E-state index contributed by atoms with van der Waals surface area (Å²) >= 11 is 0. The van der Waals surface area contributed by atoms with Gasteiger partial charge in [-0.3, -0.25) is 0 Å². The molecule has 0 radical (unpaired) electrons. The van der Waals surface area contributed by atoms with Crippen LogP contribution in [0.25, 0.3) is 0 Å². The zero-order valence-electron chi connectivity index (χ0n) is 12.5. The summed E-state index contributed by atoms with van der Waals surface area (Å²) in [5.41, 5.74) is 2.75. The second kappa shape index (κ2) is 6.59. The van der Waals surface area contributed by atoms with E-state index in [0.717, 1.165) is 25.3 Å². The number of hydrogen-bond acceptors (Lipinski definition) is 3. The van der Waals surface area contributed by atoms with Gasteiger partial charge in [0.05, 0.1) is 6.61 Å². The molecule has 1 atom stereocenters. The molecule has 110 valence electrons. The van der Waals surface area contributed by atoms with Crippen molar-refractivity contribution in [1.82, 2.24) is 10.2 Å². The van der Waals surface area contributed by atoms with E-state index in [4.69, 9.17) is 4.74 Å². The zero-order valence-corrected chi connectivity index (χ0v) is 12.5. The van der Waals surface area contributed by atoms with Gasteiger partial charge in [0, 0.05) is 25.6 Å². The number of rotatable bonds is 5. The number of nitrogens with one attached hydrogen (secondary N) is 1. The molecule has 0 bridgehead atoms.